The number of rotatable bonds is 6. The SMILES string of the molecule is COc1cc(C(=O)NC2CCN(c3ccc(C(F)(F)F)cn3)CC2)ccc1OC(C)C. The molecule has 3 rings (SSSR count). The summed E-state index contributed by atoms with van der Waals surface area (Å²) >= 11 is 0. The van der Waals surface area contributed by atoms with Crippen molar-refractivity contribution in [2.75, 3.05) is 25.1 Å². The zero-order valence-corrected chi connectivity index (χ0v) is 17.7. The third-order valence-electron chi connectivity index (χ3n) is 5.02. The van der Waals surface area contributed by atoms with E-state index in [1.807, 2.05) is 18.7 Å². The van der Waals surface area contributed by atoms with Crippen molar-refractivity contribution >= 4 is 11.7 Å². The molecule has 0 aliphatic carbocycles. The minimum absolute atomic E-state index is 0.0158. The Balaban J connectivity index is 1.56. The van der Waals surface area contributed by atoms with Crippen molar-refractivity contribution in [1.82, 2.24) is 10.3 Å². The summed E-state index contributed by atoms with van der Waals surface area (Å²) < 4.78 is 49.1. The number of benzene rings is 1. The Morgan fingerprint density at radius 1 is 1.16 bits per heavy atom. The van der Waals surface area contributed by atoms with Crippen LogP contribution in [0.3, 0.4) is 0 Å². The highest BCUT2D eigenvalue weighted by molar-refractivity contribution is 5.95. The molecule has 2 heterocycles. The molecule has 1 aromatic heterocycles. The number of nitrogens with one attached hydrogen (secondary N) is 1. The minimum Gasteiger partial charge on any atom is -0.493 e. The van der Waals surface area contributed by atoms with Crippen molar-refractivity contribution in [3.8, 4) is 11.5 Å². The number of anilines is 1. The number of hydrogen-bond donors (Lipinski definition) is 1. The number of pyridine rings is 1. The van der Waals surface area contributed by atoms with Crippen LogP contribution in [-0.2, 0) is 6.18 Å². The number of piperidine rings is 1. The normalized spacial score (nSPS) is 15.1. The van der Waals surface area contributed by atoms with Crippen LogP contribution in [0.2, 0.25) is 0 Å². The molecule has 1 aliphatic rings. The van der Waals surface area contributed by atoms with Crippen molar-refractivity contribution in [3.63, 3.8) is 0 Å². The summed E-state index contributed by atoms with van der Waals surface area (Å²) in [5.41, 5.74) is -0.293. The van der Waals surface area contributed by atoms with Crippen LogP contribution < -0.4 is 19.7 Å². The third-order valence-corrected chi connectivity index (χ3v) is 5.02. The zero-order chi connectivity index (χ0) is 22.6. The first-order valence-electron chi connectivity index (χ1n) is 10.1. The van der Waals surface area contributed by atoms with Crippen LogP contribution in [0.15, 0.2) is 36.5 Å². The van der Waals surface area contributed by atoms with Crippen LogP contribution >= 0.6 is 0 Å². The number of nitrogens with zero attached hydrogens (tertiary/aromatic N) is 2. The molecule has 1 fully saturated rings. The molecule has 0 saturated carbocycles. The maximum atomic E-state index is 12.7. The van der Waals surface area contributed by atoms with E-state index in [9.17, 15) is 18.0 Å². The summed E-state index contributed by atoms with van der Waals surface area (Å²) in [7, 11) is 1.52. The lowest BCUT2D eigenvalue weighted by Gasteiger charge is -2.33. The van der Waals surface area contributed by atoms with Crippen molar-refractivity contribution < 1.29 is 27.4 Å². The molecule has 0 unspecified atom stereocenters. The van der Waals surface area contributed by atoms with E-state index in [1.165, 1.54) is 13.2 Å². The number of aromatic nitrogens is 1. The standard InChI is InChI=1S/C22H26F3N3O3/c1-14(2)31-18-6-4-15(12-19(18)30-3)21(29)27-17-8-10-28(11-9-17)20-7-5-16(13-26-20)22(23,24)25/h4-7,12-14,17H,8-11H2,1-3H3,(H,27,29). The van der Waals surface area contributed by atoms with E-state index in [4.69, 9.17) is 9.47 Å². The van der Waals surface area contributed by atoms with Crippen molar-refractivity contribution in [3.05, 3.63) is 47.7 Å². The number of methoxy groups -OCH3 is 1. The van der Waals surface area contributed by atoms with Gasteiger partial charge in [0, 0.05) is 30.9 Å². The number of alkyl halides is 3. The third kappa shape index (κ3) is 5.80. The van der Waals surface area contributed by atoms with Gasteiger partial charge in [-0.2, -0.15) is 13.2 Å². The fourth-order valence-corrected chi connectivity index (χ4v) is 3.42. The summed E-state index contributed by atoms with van der Waals surface area (Å²) in [6.45, 7) is 5.00. The van der Waals surface area contributed by atoms with E-state index in [1.54, 1.807) is 18.2 Å². The van der Waals surface area contributed by atoms with Gasteiger partial charge in [0.15, 0.2) is 11.5 Å². The topological polar surface area (TPSA) is 63.7 Å². The average molecular weight is 437 g/mol. The van der Waals surface area contributed by atoms with E-state index >= 15 is 0 Å². The van der Waals surface area contributed by atoms with Gasteiger partial charge in [0.05, 0.1) is 18.8 Å². The Hall–Kier alpha value is -2.97. The van der Waals surface area contributed by atoms with E-state index in [-0.39, 0.29) is 18.1 Å². The van der Waals surface area contributed by atoms with Gasteiger partial charge in [-0.3, -0.25) is 4.79 Å². The van der Waals surface area contributed by atoms with Crippen LogP contribution in [0.4, 0.5) is 19.0 Å². The number of hydrogen-bond acceptors (Lipinski definition) is 5. The van der Waals surface area contributed by atoms with Gasteiger partial charge in [-0.05, 0) is 57.0 Å². The van der Waals surface area contributed by atoms with E-state index in [2.05, 4.69) is 10.3 Å². The highest BCUT2D eigenvalue weighted by Gasteiger charge is 2.31. The highest BCUT2D eigenvalue weighted by atomic mass is 19.4. The molecule has 2 aromatic rings. The molecule has 0 radical (unpaired) electrons. The van der Waals surface area contributed by atoms with Gasteiger partial charge in [0.2, 0.25) is 0 Å². The number of carbonyl (C=O) groups excluding carboxylic acids is 1. The van der Waals surface area contributed by atoms with Crippen LogP contribution in [0.25, 0.3) is 0 Å². The first-order valence-corrected chi connectivity index (χ1v) is 10.1. The van der Waals surface area contributed by atoms with E-state index in [0.29, 0.717) is 48.8 Å². The lowest BCUT2D eigenvalue weighted by molar-refractivity contribution is -0.137. The molecular formula is C22H26F3N3O3. The van der Waals surface area contributed by atoms with Gasteiger partial charge in [-0.15, -0.1) is 0 Å². The second-order valence-corrected chi connectivity index (χ2v) is 7.67. The highest BCUT2D eigenvalue weighted by Crippen LogP contribution is 2.30. The Kier molecular flexibility index (Phi) is 6.92. The van der Waals surface area contributed by atoms with Crippen molar-refractivity contribution in [2.45, 2.75) is 45.0 Å². The number of amides is 1. The molecule has 1 aliphatic heterocycles. The fraction of sp³-hybridized carbons (Fsp3) is 0.455. The molecule has 1 saturated heterocycles. The van der Waals surface area contributed by atoms with Gasteiger partial charge < -0.3 is 19.7 Å². The van der Waals surface area contributed by atoms with E-state index < -0.39 is 11.7 Å². The Bertz CT molecular complexity index is 893. The summed E-state index contributed by atoms with van der Waals surface area (Å²) in [6.07, 6.45) is -2.23. The molecule has 1 aromatic carbocycles. The molecule has 0 atom stereocenters. The van der Waals surface area contributed by atoms with Gasteiger partial charge in [0.25, 0.3) is 5.91 Å². The molecule has 31 heavy (non-hydrogen) atoms. The number of ether oxygens (including phenoxy) is 2. The summed E-state index contributed by atoms with van der Waals surface area (Å²) in [6, 6.07) is 7.44. The van der Waals surface area contributed by atoms with Gasteiger partial charge in [-0.25, -0.2) is 4.98 Å². The Morgan fingerprint density at radius 2 is 1.87 bits per heavy atom. The molecule has 1 amide bonds. The lowest BCUT2D eigenvalue weighted by Crippen LogP contribution is -2.45. The zero-order valence-electron chi connectivity index (χ0n) is 17.7. The molecule has 0 spiro atoms. The molecule has 0 bridgehead atoms. The van der Waals surface area contributed by atoms with Crippen LogP contribution in [0.5, 0.6) is 11.5 Å². The molecular weight excluding hydrogens is 411 g/mol. The quantitative estimate of drug-likeness (QED) is 0.730. The van der Waals surface area contributed by atoms with Crippen LogP contribution in [-0.4, -0.2) is 43.2 Å². The molecule has 6 nitrogen and oxygen atoms in total. The smallest absolute Gasteiger partial charge is 0.417 e. The Labute approximate surface area is 179 Å². The maximum absolute atomic E-state index is 12.7. The van der Waals surface area contributed by atoms with E-state index in [0.717, 1.165) is 12.3 Å². The first kappa shape index (κ1) is 22.7. The summed E-state index contributed by atoms with van der Waals surface area (Å²) in [5.74, 6) is 1.36. The van der Waals surface area contributed by atoms with Gasteiger partial charge in [-0.1, -0.05) is 0 Å². The van der Waals surface area contributed by atoms with Crippen LogP contribution in [0, 0.1) is 0 Å². The monoisotopic (exact) mass is 437 g/mol. The minimum atomic E-state index is -4.40. The molecule has 9 heteroatoms. The second kappa shape index (κ2) is 9.45. The average Bonchev–Trinajstić information content (AvgIpc) is 2.73. The summed E-state index contributed by atoms with van der Waals surface area (Å²) in [4.78, 5) is 18.5. The predicted molar refractivity (Wildman–Crippen MR) is 111 cm³/mol. The van der Waals surface area contributed by atoms with Crippen molar-refractivity contribution in [2.24, 2.45) is 0 Å². The van der Waals surface area contributed by atoms with Gasteiger partial charge >= 0.3 is 6.18 Å². The van der Waals surface area contributed by atoms with Gasteiger partial charge in [0.1, 0.15) is 5.82 Å². The van der Waals surface area contributed by atoms with Crippen molar-refractivity contribution in [1.29, 1.82) is 0 Å². The largest absolute Gasteiger partial charge is 0.493 e. The predicted octanol–water partition coefficient (Wildman–Crippen LogP) is 4.30. The maximum Gasteiger partial charge on any atom is 0.417 e. The fourth-order valence-electron chi connectivity index (χ4n) is 3.42. The summed E-state index contributed by atoms with van der Waals surface area (Å²) in [5, 5.41) is 3.02. The number of halogens is 3. The second-order valence-electron chi connectivity index (χ2n) is 7.67. The first-order chi connectivity index (χ1) is 14.7. The lowest BCUT2D eigenvalue weighted by atomic mass is 10.0. The Morgan fingerprint density at radius 3 is 2.42 bits per heavy atom. The molecule has 168 valence electrons. The number of carbonyl (C=O) groups is 1. The van der Waals surface area contributed by atoms with Crippen LogP contribution in [0.1, 0.15) is 42.6 Å². The molecule has 1 N–H and O–H groups in total.